The van der Waals surface area contributed by atoms with E-state index < -0.39 is 79.7 Å². The minimum absolute atomic E-state index is 0.0595. The van der Waals surface area contributed by atoms with Crippen LogP contribution in [-0.4, -0.2) is 113 Å². The number of carbonyl (C=O) groups excluding carboxylic acids is 1. The molecule has 1 atom stereocenters. The molecule has 0 saturated heterocycles. The molecule has 1 aromatic carbocycles. The van der Waals surface area contributed by atoms with Gasteiger partial charge in [-0.25, -0.2) is 4.39 Å². The lowest BCUT2D eigenvalue weighted by Gasteiger charge is -2.44. The number of nitrogens with zero attached hydrogens (tertiary/aromatic N) is 1. The van der Waals surface area contributed by atoms with Crippen molar-refractivity contribution in [3.63, 3.8) is 0 Å². The predicted molar refractivity (Wildman–Crippen MR) is 242 cm³/mol. The summed E-state index contributed by atoms with van der Waals surface area (Å²) in [6, 6.07) is 10.5. The predicted octanol–water partition coefficient (Wildman–Crippen LogP) is 12.6. The standard InChI is InChI=1S/C36H69F9NOSi9/c1-46(32(47)33(37,35(40,41)42)34(38,39)36(43,44)45)30-17-16-18-31(23-30)54(14,15)20-19-53(12,13)29-56(27-51(8)9,28-52(10)11)22-21-55(24-48(2)3,25-49(4)5)26-50(6)7/h16-18,23H,19-22,24-29H2,1-15H3. The number of carbonyl (C=O) groups is 1. The van der Waals surface area contributed by atoms with Crippen LogP contribution < -0.4 is 10.1 Å². The van der Waals surface area contributed by atoms with Crippen LogP contribution in [0.3, 0.4) is 0 Å². The molecule has 20 heteroatoms. The van der Waals surface area contributed by atoms with Crippen molar-refractivity contribution in [1.29, 1.82) is 0 Å². The molecule has 0 saturated carbocycles. The molecule has 1 unspecified atom stereocenters. The van der Waals surface area contributed by atoms with Gasteiger partial charge in [0.25, 0.3) is 5.91 Å². The maximum atomic E-state index is 15.1. The van der Waals surface area contributed by atoms with Crippen molar-refractivity contribution in [1.82, 2.24) is 0 Å². The second kappa shape index (κ2) is 20.3. The van der Waals surface area contributed by atoms with Crippen molar-refractivity contribution in [3.8, 4) is 0 Å². The molecule has 56 heavy (non-hydrogen) atoms. The largest absolute Gasteiger partial charge is 0.457 e. The number of hydrogen-bond donors (Lipinski definition) is 0. The minimum atomic E-state index is -7.01. The van der Waals surface area contributed by atoms with E-state index in [1.807, 2.05) is 0 Å². The molecule has 1 amide bonds. The van der Waals surface area contributed by atoms with Gasteiger partial charge in [-0.2, -0.15) is 35.1 Å². The van der Waals surface area contributed by atoms with Crippen molar-refractivity contribution in [2.24, 2.45) is 0 Å². The molecule has 0 aliphatic carbocycles. The summed E-state index contributed by atoms with van der Waals surface area (Å²) in [5.74, 6) is -10.0. The first-order valence-corrected chi connectivity index (χ1v) is 45.3. The number of rotatable bonds is 22. The summed E-state index contributed by atoms with van der Waals surface area (Å²) in [6.07, 6.45) is -13.8. The van der Waals surface area contributed by atoms with E-state index in [1.54, 1.807) is 6.07 Å². The van der Waals surface area contributed by atoms with Gasteiger partial charge >= 0.3 is 23.9 Å². The Kier molecular flexibility index (Phi) is 19.5. The molecule has 0 spiro atoms. The summed E-state index contributed by atoms with van der Waals surface area (Å²) in [6.45, 7) is 34.3. The zero-order chi connectivity index (χ0) is 44.1. The van der Waals surface area contributed by atoms with E-state index in [2.05, 4.69) is 91.7 Å². The highest BCUT2D eigenvalue weighted by Gasteiger charge is 2.85. The molecule has 0 aromatic heterocycles. The van der Waals surface area contributed by atoms with Gasteiger partial charge in [0.05, 0.1) is 8.07 Å². The highest BCUT2D eigenvalue weighted by Crippen LogP contribution is 2.53. The number of anilines is 1. The van der Waals surface area contributed by atoms with E-state index in [1.165, 1.54) is 58.2 Å². The van der Waals surface area contributed by atoms with Crippen LogP contribution >= 0.6 is 0 Å². The van der Waals surface area contributed by atoms with Crippen molar-refractivity contribution < 1.29 is 44.3 Å². The Balaban J connectivity index is 3.55. The molecular formula is C36H69F9NOSi9. The summed E-state index contributed by atoms with van der Waals surface area (Å²) in [7, 11) is -8.72. The molecule has 0 bridgehead atoms. The number of amides is 1. The fourth-order valence-corrected chi connectivity index (χ4v) is 72.8. The Labute approximate surface area is 345 Å². The van der Waals surface area contributed by atoms with E-state index in [0.29, 0.717) is 12.2 Å². The first-order valence-electron chi connectivity index (χ1n) is 19.5. The number of alkyl halides is 9. The molecular weight excluding hydrogens is 886 g/mol. The van der Waals surface area contributed by atoms with Crippen molar-refractivity contribution >= 4 is 93.1 Å². The van der Waals surface area contributed by atoms with E-state index in [0.717, 1.165) is 18.2 Å². The SMILES string of the molecule is CN(C(=O)C(F)(C(F)(F)F)C(F)(F)C(F)(F)F)c1cccc([Si](C)(C)CC[Si](C)(C)C[Si](CC[Si](C[Si](C)C)(C[Si](C)C)C[Si](C)C)(C[Si](C)C)C[Si](C)C)c1. The topological polar surface area (TPSA) is 20.3 Å². The summed E-state index contributed by atoms with van der Waals surface area (Å²) >= 11 is 0. The van der Waals surface area contributed by atoms with Crippen LogP contribution in [-0.2, 0) is 4.79 Å². The normalized spacial score (nSPS) is 15.4. The molecule has 1 rings (SSSR count). The fraction of sp³-hybridized carbons (Fsp3) is 0.806. The van der Waals surface area contributed by atoms with Crippen LogP contribution in [0.25, 0.3) is 0 Å². The zero-order valence-electron chi connectivity index (χ0n) is 36.6. The lowest BCUT2D eigenvalue weighted by atomic mass is 9.94. The van der Waals surface area contributed by atoms with Crippen molar-refractivity contribution in [2.45, 2.75) is 174 Å². The highest BCUT2D eigenvalue weighted by molar-refractivity contribution is 7.06. The van der Waals surface area contributed by atoms with Crippen molar-refractivity contribution in [3.05, 3.63) is 24.3 Å². The lowest BCUT2D eigenvalue weighted by Crippen LogP contribution is -2.69. The molecule has 2 nitrogen and oxygen atoms in total. The van der Waals surface area contributed by atoms with Gasteiger partial charge in [-0.1, -0.05) is 167 Å². The van der Waals surface area contributed by atoms with Crippen LogP contribution in [0.15, 0.2) is 24.3 Å². The lowest BCUT2D eigenvalue weighted by molar-refractivity contribution is -0.370. The zero-order valence-corrected chi connectivity index (χ0v) is 45.6. The third-order valence-corrected chi connectivity index (χ3v) is 55.5. The quantitative estimate of drug-likeness (QED) is 0.0838. The minimum Gasteiger partial charge on any atom is -0.312 e. The Morgan fingerprint density at radius 1 is 0.589 bits per heavy atom. The third-order valence-electron chi connectivity index (χ3n) is 10.9. The van der Waals surface area contributed by atoms with Gasteiger partial charge in [0.2, 0.25) is 0 Å². The summed E-state index contributed by atoms with van der Waals surface area (Å²) in [4.78, 5) is 12.7. The van der Waals surface area contributed by atoms with E-state index in [9.17, 15) is 39.9 Å². The van der Waals surface area contributed by atoms with E-state index >= 15 is 4.39 Å². The Bertz CT molecular complexity index is 1370. The highest BCUT2D eigenvalue weighted by atomic mass is 28.4. The van der Waals surface area contributed by atoms with Gasteiger partial charge < -0.3 is 4.90 Å². The summed E-state index contributed by atoms with van der Waals surface area (Å²) in [5.41, 5.74) is 1.99. The molecule has 0 fully saturated rings. The van der Waals surface area contributed by atoms with E-state index in [-0.39, 0.29) is 37.0 Å². The van der Waals surface area contributed by atoms with Gasteiger partial charge in [0, 0.05) is 80.9 Å². The molecule has 0 N–H and O–H groups in total. The smallest absolute Gasteiger partial charge is 0.312 e. The molecule has 0 aliphatic rings. The maximum absolute atomic E-state index is 15.1. The Morgan fingerprint density at radius 3 is 1.36 bits per heavy atom. The Morgan fingerprint density at radius 2 is 0.982 bits per heavy atom. The molecule has 1 aromatic rings. The molecule has 5 radical (unpaired) electrons. The second-order valence-electron chi connectivity index (χ2n) is 19.8. The van der Waals surface area contributed by atoms with Gasteiger partial charge in [-0.3, -0.25) is 4.79 Å². The van der Waals surface area contributed by atoms with Crippen molar-refractivity contribution in [2.75, 3.05) is 11.9 Å². The third kappa shape index (κ3) is 14.6. The van der Waals surface area contributed by atoms with Gasteiger partial charge in [-0.15, -0.1) is 0 Å². The number of hydrogen-bond acceptors (Lipinski definition) is 1. The number of benzene rings is 1. The van der Waals surface area contributed by atoms with Crippen LogP contribution in [0.1, 0.15) is 0 Å². The summed E-state index contributed by atoms with van der Waals surface area (Å²) < 4.78 is 124. The fourth-order valence-electron chi connectivity index (χ4n) is 9.20. The van der Waals surface area contributed by atoms with Gasteiger partial charge in [-0.05, 0) is 12.1 Å². The average Bonchev–Trinajstić information content (AvgIpc) is 2.99. The van der Waals surface area contributed by atoms with E-state index in [4.69, 9.17) is 0 Å². The molecule has 0 heterocycles. The van der Waals surface area contributed by atoms with Gasteiger partial charge in [0.1, 0.15) is 0 Å². The Hall–Kier alpha value is 0.0119. The van der Waals surface area contributed by atoms with Gasteiger partial charge in [0.15, 0.2) is 0 Å². The van der Waals surface area contributed by atoms with Crippen LogP contribution in [0.2, 0.25) is 150 Å². The van der Waals surface area contributed by atoms with Crippen LogP contribution in [0.4, 0.5) is 45.2 Å². The first kappa shape index (κ1) is 54.0. The number of halogens is 9. The monoisotopic (exact) mass is 954 g/mol. The maximum Gasteiger partial charge on any atom is 0.457 e. The molecule has 0 aliphatic heterocycles. The van der Waals surface area contributed by atoms with Crippen LogP contribution in [0, 0.1) is 0 Å². The molecule has 323 valence electrons. The second-order valence-corrected chi connectivity index (χ2v) is 57.0. The van der Waals surface area contributed by atoms with Crippen LogP contribution in [0.5, 0.6) is 0 Å². The summed E-state index contributed by atoms with van der Waals surface area (Å²) in [5, 5.41) is 0.711. The average molecular weight is 956 g/mol. The first-order chi connectivity index (χ1) is 25.0.